The molecule has 1 aliphatic carbocycles. The van der Waals surface area contributed by atoms with Gasteiger partial charge < -0.3 is 15.2 Å². The fourth-order valence-electron chi connectivity index (χ4n) is 3.09. The molecule has 8 nitrogen and oxygen atoms in total. The van der Waals surface area contributed by atoms with Crippen molar-refractivity contribution in [2.24, 2.45) is 5.92 Å². The Bertz CT molecular complexity index is 796. The molecule has 3 N–H and O–H groups in total. The van der Waals surface area contributed by atoms with Crippen molar-refractivity contribution in [1.82, 2.24) is 20.5 Å². The van der Waals surface area contributed by atoms with Crippen LogP contribution in [0, 0.1) is 5.92 Å². The Morgan fingerprint density at radius 3 is 2.88 bits per heavy atom. The lowest BCUT2D eigenvalue weighted by atomic mass is 9.75. The third kappa shape index (κ3) is 4.45. The van der Waals surface area contributed by atoms with Crippen molar-refractivity contribution in [3.63, 3.8) is 0 Å². The van der Waals surface area contributed by atoms with Crippen LogP contribution in [0.2, 0.25) is 0 Å². The minimum Gasteiger partial charge on any atom is -0.495 e. The SMILES string of the molecule is COc1cncc([C@@H](NC(=O)CCc2ccc(=O)[nH]n2)C2CC(O)C2)c1. The van der Waals surface area contributed by atoms with E-state index in [0.29, 0.717) is 30.7 Å². The lowest BCUT2D eigenvalue weighted by Crippen LogP contribution is -2.41. The Labute approximate surface area is 150 Å². The molecule has 0 saturated heterocycles. The summed E-state index contributed by atoms with van der Waals surface area (Å²) in [6, 6.07) is 4.63. The van der Waals surface area contributed by atoms with Crippen molar-refractivity contribution in [3.05, 3.63) is 52.2 Å². The number of aliphatic hydroxyl groups excluding tert-OH is 1. The van der Waals surface area contributed by atoms with Gasteiger partial charge in [0.2, 0.25) is 5.91 Å². The highest BCUT2D eigenvalue weighted by Gasteiger charge is 2.35. The molecule has 2 aromatic rings. The van der Waals surface area contributed by atoms with Crippen LogP contribution in [0.15, 0.2) is 35.4 Å². The molecule has 0 unspecified atom stereocenters. The van der Waals surface area contributed by atoms with Gasteiger partial charge in [0, 0.05) is 25.1 Å². The summed E-state index contributed by atoms with van der Waals surface area (Å²) in [4.78, 5) is 27.6. The van der Waals surface area contributed by atoms with Crippen LogP contribution in [-0.4, -0.2) is 39.4 Å². The fraction of sp³-hybridized carbons (Fsp3) is 0.444. The molecule has 0 aliphatic heterocycles. The summed E-state index contributed by atoms with van der Waals surface area (Å²) in [5, 5.41) is 18.9. The Hall–Kier alpha value is -2.74. The largest absolute Gasteiger partial charge is 0.495 e. The van der Waals surface area contributed by atoms with Gasteiger partial charge in [-0.15, -0.1) is 0 Å². The van der Waals surface area contributed by atoms with E-state index in [0.717, 1.165) is 5.56 Å². The second kappa shape index (κ2) is 8.09. The maximum Gasteiger partial charge on any atom is 0.264 e. The molecule has 26 heavy (non-hydrogen) atoms. The van der Waals surface area contributed by atoms with Crippen LogP contribution >= 0.6 is 0 Å². The minimum atomic E-state index is -0.316. The maximum atomic E-state index is 12.4. The van der Waals surface area contributed by atoms with Crippen molar-refractivity contribution in [2.75, 3.05) is 7.11 Å². The van der Waals surface area contributed by atoms with E-state index in [1.54, 1.807) is 25.6 Å². The number of hydrogen-bond donors (Lipinski definition) is 3. The van der Waals surface area contributed by atoms with E-state index in [-0.39, 0.29) is 36.0 Å². The van der Waals surface area contributed by atoms with Gasteiger partial charge >= 0.3 is 0 Å². The number of aromatic nitrogens is 3. The summed E-state index contributed by atoms with van der Waals surface area (Å²) in [5.74, 6) is 0.667. The molecule has 0 spiro atoms. The molecule has 1 atom stereocenters. The summed E-state index contributed by atoms with van der Waals surface area (Å²) in [6.45, 7) is 0. The molecule has 2 aromatic heterocycles. The van der Waals surface area contributed by atoms with Gasteiger partial charge in [0.05, 0.1) is 31.1 Å². The average Bonchev–Trinajstić information content (AvgIpc) is 2.63. The van der Waals surface area contributed by atoms with E-state index < -0.39 is 0 Å². The van der Waals surface area contributed by atoms with E-state index >= 15 is 0 Å². The summed E-state index contributed by atoms with van der Waals surface area (Å²) in [6.07, 6.45) is 4.97. The van der Waals surface area contributed by atoms with Gasteiger partial charge in [-0.1, -0.05) is 0 Å². The Kier molecular flexibility index (Phi) is 5.62. The number of pyridine rings is 1. The lowest BCUT2D eigenvalue weighted by molar-refractivity contribution is -0.123. The molecular weight excluding hydrogens is 336 g/mol. The molecule has 0 aromatic carbocycles. The first-order chi connectivity index (χ1) is 12.5. The zero-order valence-corrected chi connectivity index (χ0v) is 14.5. The first-order valence-corrected chi connectivity index (χ1v) is 8.56. The predicted molar refractivity (Wildman–Crippen MR) is 93.6 cm³/mol. The number of aryl methyl sites for hydroxylation is 1. The van der Waals surface area contributed by atoms with Gasteiger partial charge in [0.15, 0.2) is 0 Å². The number of nitrogens with zero attached hydrogens (tertiary/aromatic N) is 2. The van der Waals surface area contributed by atoms with Crippen molar-refractivity contribution < 1.29 is 14.6 Å². The zero-order chi connectivity index (χ0) is 18.5. The molecule has 3 rings (SSSR count). The summed E-state index contributed by atoms with van der Waals surface area (Å²) in [7, 11) is 1.57. The van der Waals surface area contributed by atoms with Crippen LogP contribution < -0.4 is 15.6 Å². The lowest BCUT2D eigenvalue weighted by Gasteiger charge is -2.38. The number of carbonyl (C=O) groups excluding carboxylic acids is 1. The number of methoxy groups -OCH3 is 1. The molecule has 2 heterocycles. The predicted octanol–water partition coefficient (Wildman–Crippen LogP) is 0.734. The highest BCUT2D eigenvalue weighted by molar-refractivity contribution is 5.76. The van der Waals surface area contributed by atoms with Crippen molar-refractivity contribution >= 4 is 5.91 Å². The number of aliphatic hydroxyl groups is 1. The maximum absolute atomic E-state index is 12.4. The normalized spacial score (nSPS) is 20.1. The van der Waals surface area contributed by atoms with Crippen LogP contribution in [0.4, 0.5) is 0 Å². The van der Waals surface area contributed by atoms with E-state index in [2.05, 4.69) is 20.5 Å². The quantitative estimate of drug-likeness (QED) is 0.672. The number of ether oxygens (including phenoxy) is 1. The highest BCUT2D eigenvalue weighted by atomic mass is 16.5. The molecule has 0 bridgehead atoms. The summed E-state index contributed by atoms with van der Waals surface area (Å²) in [5.41, 5.74) is 1.24. The van der Waals surface area contributed by atoms with Crippen LogP contribution in [0.25, 0.3) is 0 Å². The first-order valence-electron chi connectivity index (χ1n) is 8.56. The molecule has 1 amide bonds. The van der Waals surface area contributed by atoms with Crippen molar-refractivity contribution in [3.8, 4) is 5.75 Å². The number of amides is 1. The third-order valence-electron chi connectivity index (χ3n) is 4.61. The monoisotopic (exact) mass is 358 g/mol. The topological polar surface area (TPSA) is 117 Å². The molecule has 1 saturated carbocycles. The van der Waals surface area contributed by atoms with Crippen molar-refractivity contribution in [1.29, 1.82) is 0 Å². The number of nitrogens with one attached hydrogen (secondary N) is 2. The van der Waals surface area contributed by atoms with Gasteiger partial charge in [-0.25, -0.2) is 5.10 Å². The van der Waals surface area contributed by atoms with E-state index in [9.17, 15) is 14.7 Å². The molecule has 1 aliphatic rings. The number of H-pyrrole nitrogens is 1. The second-order valence-electron chi connectivity index (χ2n) is 6.50. The van der Waals surface area contributed by atoms with Gasteiger partial charge in [-0.2, -0.15) is 5.10 Å². The van der Waals surface area contributed by atoms with E-state index in [4.69, 9.17) is 4.74 Å². The molecular formula is C18H22N4O4. The molecule has 8 heteroatoms. The van der Waals surface area contributed by atoms with Crippen LogP contribution in [0.3, 0.4) is 0 Å². The van der Waals surface area contributed by atoms with E-state index in [1.165, 1.54) is 6.07 Å². The second-order valence-corrected chi connectivity index (χ2v) is 6.50. The Morgan fingerprint density at radius 1 is 1.42 bits per heavy atom. The molecule has 0 radical (unpaired) electrons. The number of rotatable bonds is 7. The summed E-state index contributed by atoms with van der Waals surface area (Å²) >= 11 is 0. The Balaban J connectivity index is 1.65. The average molecular weight is 358 g/mol. The van der Waals surface area contributed by atoms with Gasteiger partial charge in [0.1, 0.15) is 5.75 Å². The fourth-order valence-corrected chi connectivity index (χ4v) is 3.09. The number of aromatic amines is 1. The van der Waals surface area contributed by atoms with Crippen molar-refractivity contribution in [2.45, 2.75) is 37.8 Å². The molecule has 1 fully saturated rings. The zero-order valence-electron chi connectivity index (χ0n) is 14.5. The van der Waals surface area contributed by atoms with Crippen LogP contribution in [0.5, 0.6) is 5.75 Å². The summed E-state index contributed by atoms with van der Waals surface area (Å²) < 4.78 is 5.22. The number of hydrogen-bond acceptors (Lipinski definition) is 6. The van der Waals surface area contributed by atoms with Gasteiger partial charge in [-0.3, -0.25) is 14.6 Å². The van der Waals surface area contributed by atoms with Gasteiger partial charge in [0.25, 0.3) is 5.56 Å². The van der Waals surface area contributed by atoms with E-state index in [1.807, 2.05) is 6.07 Å². The van der Waals surface area contributed by atoms with Crippen LogP contribution in [0.1, 0.15) is 36.6 Å². The smallest absolute Gasteiger partial charge is 0.264 e. The standard InChI is InChI=1S/C18H22N4O4/c1-26-15-8-12(9-19-10-15)18(11-6-14(23)7-11)20-16(24)4-2-13-3-5-17(25)22-21-13/h3,5,8-11,14,18,23H,2,4,6-7H2,1H3,(H,20,24)(H,22,25)/t11?,14?,18-/m0/s1. The Morgan fingerprint density at radius 2 is 2.23 bits per heavy atom. The third-order valence-corrected chi connectivity index (χ3v) is 4.61. The van der Waals surface area contributed by atoms with Crippen LogP contribution in [-0.2, 0) is 11.2 Å². The molecule has 138 valence electrons. The first kappa shape index (κ1) is 18.1. The highest BCUT2D eigenvalue weighted by Crippen LogP contribution is 2.38. The minimum absolute atomic E-state index is 0.118. The number of carbonyl (C=O) groups is 1. The van der Waals surface area contributed by atoms with Gasteiger partial charge in [-0.05, 0) is 36.5 Å².